The average molecular weight is 417 g/mol. The quantitative estimate of drug-likeness (QED) is 0.661. The summed E-state index contributed by atoms with van der Waals surface area (Å²) in [6.07, 6.45) is 0.733. The molecule has 4 rings (SSSR count). The fourth-order valence-electron chi connectivity index (χ4n) is 3.96. The van der Waals surface area contributed by atoms with Gasteiger partial charge in [0.15, 0.2) is 0 Å². The molecule has 0 unspecified atom stereocenters. The van der Waals surface area contributed by atoms with E-state index in [1.165, 1.54) is 11.1 Å². The molecule has 0 aromatic heterocycles. The maximum Gasteiger partial charge on any atom is 0.257 e. The normalized spacial score (nSPS) is 14.4. The van der Waals surface area contributed by atoms with Crippen molar-refractivity contribution in [3.8, 4) is 11.5 Å². The third-order valence-electron chi connectivity index (χ3n) is 5.77. The first kappa shape index (κ1) is 20.9. The van der Waals surface area contributed by atoms with Gasteiger partial charge >= 0.3 is 0 Å². The highest BCUT2D eigenvalue weighted by Crippen LogP contribution is 2.23. The summed E-state index contributed by atoms with van der Waals surface area (Å²) in [5.74, 6) is 0.799. The zero-order valence-electron chi connectivity index (χ0n) is 17.8. The van der Waals surface area contributed by atoms with Gasteiger partial charge in [-0.2, -0.15) is 0 Å². The van der Waals surface area contributed by atoms with Crippen LogP contribution in [0.15, 0.2) is 72.8 Å². The van der Waals surface area contributed by atoms with Crippen molar-refractivity contribution in [2.45, 2.75) is 13.0 Å². The van der Waals surface area contributed by atoms with Gasteiger partial charge in [0.25, 0.3) is 5.91 Å². The summed E-state index contributed by atoms with van der Waals surface area (Å²) in [5, 5.41) is 10.3. The van der Waals surface area contributed by atoms with Crippen LogP contribution in [0.2, 0.25) is 0 Å². The van der Waals surface area contributed by atoms with Crippen molar-refractivity contribution in [2.75, 3.05) is 33.3 Å². The molecule has 0 atom stereocenters. The Morgan fingerprint density at radius 2 is 1.55 bits per heavy atom. The van der Waals surface area contributed by atoms with Gasteiger partial charge in [0, 0.05) is 32.7 Å². The molecule has 1 fully saturated rings. The molecule has 3 aromatic rings. The molecule has 31 heavy (non-hydrogen) atoms. The van der Waals surface area contributed by atoms with Crippen LogP contribution in [0.1, 0.15) is 27.0 Å². The first-order chi connectivity index (χ1) is 15.1. The molecule has 160 valence electrons. The number of hydrogen-bond donors (Lipinski definition) is 1. The van der Waals surface area contributed by atoms with E-state index in [2.05, 4.69) is 29.2 Å². The van der Waals surface area contributed by atoms with Crippen molar-refractivity contribution in [1.82, 2.24) is 9.80 Å². The van der Waals surface area contributed by atoms with Crippen LogP contribution in [0.4, 0.5) is 0 Å². The minimum atomic E-state index is -0.100. The first-order valence-electron chi connectivity index (χ1n) is 10.6. The Morgan fingerprint density at radius 3 is 2.23 bits per heavy atom. The number of hydrogen-bond acceptors (Lipinski definition) is 4. The van der Waals surface area contributed by atoms with Gasteiger partial charge in [-0.15, -0.1) is 0 Å². The number of methoxy groups -OCH3 is 1. The zero-order valence-corrected chi connectivity index (χ0v) is 17.8. The lowest BCUT2D eigenvalue weighted by Gasteiger charge is -2.35. The molecule has 1 N–H and O–H groups in total. The summed E-state index contributed by atoms with van der Waals surface area (Å²) in [5.41, 5.74) is 3.81. The molecule has 1 heterocycles. The molecule has 0 bridgehead atoms. The number of benzene rings is 3. The summed E-state index contributed by atoms with van der Waals surface area (Å²) < 4.78 is 5.21. The SMILES string of the molecule is COc1ccc(CN2CCN(C(=O)c3cc(Cc4ccccc4)ccc3O)CC2)cc1. The highest BCUT2D eigenvalue weighted by atomic mass is 16.5. The highest BCUT2D eigenvalue weighted by molar-refractivity contribution is 5.97. The number of carbonyl (C=O) groups is 1. The molecule has 3 aromatic carbocycles. The lowest BCUT2D eigenvalue weighted by atomic mass is 10.0. The average Bonchev–Trinajstić information content (AvgIpc) is 2.81. The highest BCUT2D eigenvalue weighted by Gasteiger charge is 2.24. The van der Waals surface area contributed by atoms with E-state index >= 15 is 0 Å². The number of piperazine rings is 1. The van der Waals surface area contributed by atoms with Crippen LogP contribution in [0, 0.1) is 0 Å². The predicted molar refractivity (Wildman–Crippen MR) is 122 cm³/mol. The van der Waals surface area contributed by atoms with E-state index in [1.807, 2.05) is 47.4 Å². The number of amides is 1. The number of nitrogens with zero attached hydrogens (tertiary/aromatic N) is 2. The molecule has 0 aliphatic carbocycles. The van der Waals surface area contributed by atoms with E-state index in [-0.39, 0.29) is 11.7 Å². The van der Waals surface area contributed by atoms with Crippen LogP contribution >= 0.6 is 0 Å². The van der Waals surface area contributed by atoms with Crippen LogP contribution in [0.5, 0.6) is 11.5 Å². The van der Waals surface area contributed by atoms with Gasteiger partial charge in [-0.25, -0.2) is 0 Å². The maximum atomic E-state index is 13.1. The summed E-state index contributed by atoms with van der Waals surface area (Å²) in [7, 11) is 1.67. The summed E-state index contributed by atoms with van der Waals surface area (Å²) >= 11 is 0. The van der Waals surface area contributed by atoms with Crippen LogP contribution < -0.4 is 4.74 Å². The molecule has 5 heteroatoms. The van der Waals surface area contributed by atoms with Gasteiger partial charge in [-0.3, -0.25) is 9.69 Å². The maximum absolute atomic E-state index is 13.1. The molecule has 5 nitrogen and oxygen atoms in total. The molecule has 0 spiro atoms. The van der Waals surface area contributed by atoms with Crippen molar-refractivity contribution in [1.29, 1.82) is 0 Å². The Hall–Kier alpha value is -3.31. The van der Waals surface area contributed by atoms with E-state index < -0.39 is 0 Å². The molecule has 1 amide bonds. The van der Waals surface area contributed by atoms with Crippen molar-refractivity contribution < 1.29 is 14.6 Å². The Kier molecular flexibility index (Phi) is 6.53. The van der Waals surface area contributed by atoms with E-state index in [0.717, 1.165) is 37.4 Å². The Balaban J connectivity index is 1.37. The van der Waals surface area contributed by atoms with Crippen molar-refractivity contribution in [2.24, 2.45) is 0 Å². The largest absolute Gasteiger partial charge is 0.507 e. The lowest BCUT2D eigenvalue weighted by molar-refractivity contribution is 0.0625. The molecule has 1 aliphatic rings. The Labute approximate surface area is 183 Å². The predicted octanol–water partition coefficient (Wildman–Crippen LogP) is 3.95. The van der Waals surface area contributed by atoms with Crippen molar-refractivity contribution >= 4 is 5.91 Å². The third-order valence-corrected chi connectivity index (χ3v) is 5.77. The molecule has 0 saturated carbocycles. The minimum Gasteiger partial charge on any atom is -0.507 e. The second kappa shape index (κ2) is 9.67. The number of rotatable bonds is 6. The summed E-state index contributed by atoms with van der Waals surface area (Å²) in [4.78, 5) is 17.3. The molecule has 0 radical (unpaired) electrons. The second-order valence-electron chi connectivity index (χ2n) is 7.93. The lowest BCUT2D eigenvalue weighted by Crippen LogP contribution is -2.48. The zero-order chi connectivity index (χ0) is 21.6. The summed E-state index contributed by atoms with van der Waals surface area (Å²) in [6.45, 7) is 3.77. The first-order valence-corrected chi connectivity index (χ1v) is 10.6. The van der Waals surface area contributed by atoms with Crippen LogP contribution in [-0.2, 0) is 13.0 Å². The van der Waals surface area contributed by atoms with E-state index in [4.69, 9.17) is 4.74 Å². The Bertz CT molecular complexity index is 1010. The van der Waals surface area contributed by atoms with Gasteiger partial charge in [-0.05, 0) is 47.4 Å². The molecular weight excluding hydrogens is 388 g/mol. The van der Waals surface area contributed by atoms with E-state index in [9.17, 15) is 9.90 Å². The van der Waals surface area contributed by atoms with Gasteiger partial charge in [-0.1, -0.05) is 48.5 Å². The topological polar surface area (TPSA) is 53.0 Å². The fraction of sp³-hybridized carbons (Fsp3) is 0.269. The Morgan fingerprint density at radius 1 is 0.871 bits per heavy atom. The van der Waals surface area contributed by atoms with Gasteiger partial charge in [0.1, 0.15) is 11.5 Å². The monoisotopic (exact) mass is 416 g/mol. The van der Waals surface area contributed by atoms with Crippen molar-refractivity contribution in [3.05, 3.63) is 95.1 Å². The number of carbonyl (C=O) groups excluding carboxylic acids is 1. The van der Waals surface area contributed by atoms with Gasteiger partial charge < -0.3 is 14.7 Å². The molecule has 1 aliphatic heterocycles. The number of ether oxygens (including phenoxy) is 1. The number of aromatic hydroxyl groups is 1. The van der Waals surface area contributed by atoms with E-state index in [0.29, 0.717) is 18.7 Å². The van der Waals surface area contributed by atoms with E-state index in [1.54, 1.807) is 13.2 Å². The summed E-state index contributed by atoms with van der Waals surface area (Å²) in [6, 6.07) is 23.6. The van der Waals surface area contributed by atoms with Crippen LogP contribution in [0.25, 0.3) is 0 Å². The van der Waals surface area contributed by atoms with Crippen LogP contribution in [-0.4, -0.2) is 54.1 Å². The van der Waals surface area contributed by atoms with Gasteiger partial charge in [0.2, 0.25) is 0 Å². The number of phenols is 1. The van der Waals surface area contributed by atoms with Gasteiger partial charge in [0.05, 0.1) is 12.7 Å². The van der Waals surface area contributed by atoms with Crippen LogP contribution in [0.3, 0.4) is 0 Å². The fourth-order valence-corrected chi connectivity index (χ4v) is 3.96. The standard InChI is InChI=1S/C26H28N2O3/c1-31-23-10-7-21(8-11-23)19-27-13-15-28(16-14-27)26(30)24-18-22(9-12-25(24)29)17-20-5-3-2-4-6-20/h2-12,18,29H,13-17,19H2,1H3. The number of phenolic OH excluding ortho intramolecular Hbond substituents is 1. The van der Waals surface area contributed by atoms with Crippen molar-refractivity contribution in [3.63, 3.8) is 0 Å². The second-order valence-corrected chi connectivity index (χ2v) is 7.93. The third kappa shape index (κ3) is 5.25. The minimum absolute atomic E-state index is 0.0440. The molecule has 1 saturated heterocycles. The smallest absolute Gasteiger partial charge is 0.257 e. The molecular formula is C26H28N2O3.